The van der Waals surface area contributed by atoms with Crippen LogP contribution in [-0.2, 0) is 11.8 Å². The zero-order valence-corrected chi connectivity index (χ0v) is 10.4. The minimum absolute atomic E-state index is 0.140. The minimum Gasteiger partial charge on any atom is -0.348 e. The van der Waals surface area contributed by atoms with E-state index in [1.54, 1.807) is 0 Å². The minimum atomic E-state index is 0.140. The Bertz CT molecular complexity index is 594. The molecule has 0 unspecified atom stereocenters. The van der Waals surface area contributed by atoms with Crippen molar-refractivity contribution in [1.29, 1.82) is 0 Å². The van der Waals surface area contributed by atoms with Gasteiger partial charge in [-0.3, -0.25) is 4.79 Å². The number of aryl methyl sites for hydroxylation is 1. The first kappa shape index (κ1) is 10.6. The average molecular weight is 227 g/mol. The molecule has 0 radical (unpaired) electrons. The molecule has 1 aromatic carbocycles. The summed E-state index contributed by atoms with van der Waals surface area (Å²) in [6, 6.07) is 8.39. The summed E-state index contributed by atoms with van der Waals surface area (Å²) in [7, 11) is 2.08. The molecule has 3 rings (SSSR count). The largest absolute Gasteiger partial charge is 0.348 e. The second-order valence-electron chi connectivity index (χ2n) is 4.99. The highest BCUT2D eigenvalue weighted by molar-refractivity contribution is 5.95. The van der Waals surface area contributed by atoms with E-state index >= 15 is 0 Å². The Kier molecular flexibility index (Phi) is 2.32. The molecule has 0 bridgehead atoms. The first-order valence-electron chi connectivity index (χ1n) is 6.27. The van der Waals surface area contributed by atoms with Crippen LogP contribution in [0.5, 0.6) is 0 Å². The van der Waals surface area contributed by atoms with Crippen LogP contribution in [0.4, 0.5) is 0 Å². The molecule has 0 amide bonds. The highest BCUT2D eigenvalue weighted by Gasteiger charge is 2.30. The molecule has 88 valence electrons. The number of nitrogens with zero attached hydrogens (tertiary/aromatic N) is 1. The van der Waals surface area contributed by atoms with E-state index in [0.717, 1.165) is 19.3 Å². The van der Waals surface area contributed by atoms with Crippen molar-refractivity contribution < 1.29 is 4.79 Å². The maximum atomic E-state index is 12.0. The standard InChI is InChI=1S/C15H17NO/c1-10-15(12-7-5-9-14(12)17)11-6-3-4-8-13(11)16(10)2/h3-4,6,8,12H,5,7,9H2,1-2H3/t12-/m1/s1. The lowest BCUT2D eigenvalue weighted by atomic mass is 9.94. The van der Waals surface area contributed by atoms with Crippen LogP contribution >= 0.6 is 0 Å². The van der Waals surface area contributed by atoms with Gasteiger partial charge in [0.15, 0.2) is 0 Å². The summed E-state index contributed by atoms with van der Waals surface area (Å²) in [6.45, 7) is 2.13. The Morgan fingerprint density at radius 2 is 2.06 bits per heavy atom. The maximum absolute atomic E-state index is 12.0. The predicted octanol–water partition coefficient (Wildman–Crippen LogP) is 3.32. The van der Waals surface area contributed by atoms with Crippen LogP contribution in [0.15, 0.2) is 24.3 Å². The van der Waals surface area contributed by atoms with Gasteiger partial charge in [-0.05, 0) is 31.4 Å². The third kappa shape index (κ3) is 1.43. The van der Waals surface area contributed by atoms with E-state index in [1.165, 1.54) is 22.2 Å². The van der Waals surface area contributed by atoms with Gasteiger partial charge in [-0.1, -0.05) is 18.2 Å². The lowest BCUT2D eigenvalue weighted by Gasteiger charge is -2.09. The molecule has 0 saturated heterocycles. The van der Waals surface area contributed by atoms with Gasteiger partial charge >= 0.3 is 0 Å². The molecule has 2 heteroatoms. The summed E-state index contributed by atoms with van der Waals surface area (Å²) in [4.78, 5) is 12.0. The fourth-order valence-corrected chi connectivity index (χ4v) is 3.11. The summed E-state index contributed by atoms with van der Waals surface area (Å²) in [5, 5.41) is 1.26. The van der Waals surface area contributed by atoms with Crippen molar-refractivity contribution >= 4 is 16.7 Å². The van der Waals surface area contributed by atoms with Gasteiger partial charge in [-0.25, -0.2) is 0 Å². The molecule has 1 aromatic heterocycles. The molecule has 0 spiro atoms. The number of carbonyl (C=O) groups excluding carboxylic acids is 1. The maximum Gasteiger partial charge on any atom is 0.140 e. The Balaban J connectivity index is 2.28. The third-order valence-corrected chi connectivity index (χ3v) is 4.10. The molecular weight excluding hydrogens is 210 g/mol. The second-order valence-corrected chi connectivity index (χ2v) is 4.99. The van der Waals surface area contributed by atoms with E-state index in [4.69, 9.17) is 0 Å². The number of ketones is 1. The van der Waals surface area contributed by atoms with Gasteiger partial charge in [-0.2, -0.15) is 0 Å². The fourth-order valence-electron chi connectivity index (χ4n) is 3.11. The molecule has 1 saturated carbocycles. The van der Waals surface area contributed by atoms with Gasteiger partial charge < -0.3 is 4.57 Å². The molecule has 0 aliphatic heterocycles. The second kappa shape index (κ2) is 3.73. The van der Waals surface area contributed by atoms with Crippen molar-refractivity contribution in [3.8, 4) is 0 Å². The summed E-state index contributed by atoms with van der Waals surface area (Å²) in [6.07, 6.45) is 2.83. The number of Topliss-reactive ketones (excluding diaryl/α,β-unsaturated/α-hetero) is 1. The van der Waals surface area contributed by atoms with Crippen molar-refractivity contribution in [2.24, 2.45) is 7.05 Å². The summed E-state index contributed by atoms with van der Waals surface area (Å²) in [5.41, 5.74) is 3.75. The van der Waals surface area contributed by atoms with Crippen LogP contribution in [0.2, 0.25) is 0 Å². The number of carbonyl (C=O) groups is 1. The van der Waals surface area contributed by atoms with Crippen LogP contribution in [0.1, 0.15) is 36.4 Å². The molecule has 1 aliphatic rings. The van der Waals surface area contributed by atoms with E-state index in [2.05, 4.69) is 42.8 Å². The fraction of sp³-hybridized carbons (Fsp3) is 0.400. The molecule has 1 atom stereocenters. The Morgan fingerprint density at radius 3 is 2.76 bits per heavy atom. The number of fused-ring (bicyclic) bond motifs is 1. The zero-order chi connectivity index (χ0) is 12.0. The van der Waals surface area contributed by atoms with Gasteiger partial charge in [0.05, 0.1) is 0 Å². The third-order valence-electron chi connectivity index (χ3n) is 4.10. The van der Waals surface area contributed by atoms with Crippen molar-refractivity contribution in [3.63, 3.8) is 0 Å². The Hall–Kier alpha value is -1.57. The molecule has 2 nitrogen and oxygen atoms in total. The summed E-state index contributed by atoms with van der Waals surface area (Å²) in [5.74, 6) is 0.561. The van der Waals surface area contributed by atoms with Gasteiger partial charge in [0.2, 0.25) is 0 Å². The van der Waals surface area contributed by atoms with Crippen molar-refractivity contribution in [2.75, 3.05) is 0 Å². The van der Waals surface area contributed by atoms with E-state index < -0.39 is 0 Å². The van der Waals surface area contributed by atoms with Crippen LogP contribution in [0.25, 0.3) is 10.9 Å². The highest BCUT2D eigenvalue weighted by Crippen LogP contribution is 2.38. The molecule has 1 aliphatic carbocycles. The van der Waals surface area contributed by atoms with Crippen molar-refractivity contribution in [2.45, 2.75) is 32.1 Å². The number of para-hydroxylation sites is 1. The highest BCUT2D eigenvalue weighted by atomic mass is 16.1. The summed E-state index contributed by atoms with van der Waals surface area (Å²) < 4.78 is 2.20. The molecule has 1 fully saturated rings. The van der Waals surface area contributed by atoms with E-state index in [9.17, 15) is 4.79 Å². The normalized spacial score (nSPS) is 20.4. The SMILES string of the molecule is Cc1c([C@@H]2CCCC2=O)c2ccccc2n1C. The first-order valence-corrected chi connectivity index (χ1v) is 6.27. The van der Waals surface area contributed by atoms with Crippen LogP contribution in [-0.4, -0.2) is 10.4 Å². The van der Waals surface area contributed by atoms with Crippen LogP contribution in [0.3, 0.4) is 0 Å². The first-order chi connectivity index (χ1) is 8.20. The van der Waals surface area contributed by atoms with Gasteiger partial charge in [-0.15, -0.1) is 0 Å². The Labute approximate surface area is 101 Å². The molecule has 17 heavy (non-hydrogen) atoms. The number of hydrogen-bond donors (Lipinski definition) is 0. The van der Waals surface area contributed by atoms with E-state index in [0.29, 0.717) is 5.78 Å². The number of aromatic nitrogens is 1. The Morgan fingerprint density at radius 1 is 1.29 bits per heavy atom. The smallest absolute Gasteiger partial charge is 0.140 e. The summed E-state index contributed by atoms with van der Waals surface area (Å²) >= 11 is 0. The number of benzene rings is 1. The molecule has 1 heterocycles. The lowest BCUT2D eigenvalue weighted by Crippen LogP contribution is -2.05. The van der Waals surface area contributed by atoms with Crippen LogP contribution < -0.4 is 0 Å². The number of rotatable bonds is 1. The van der Waals surface area contributed by atoms with Crippen molar-refractivity contribution in [3.05, 3.63) is 35.5 Å². The van der Waals surface area contributed by atoms with E-state index in [-0.39, 0.29) is 5.92 Å². The zero-order valence-electron chi connectivity index (χ0n) is 10.4. The monoisotopic (exact) mass is 227 g/mol. The molecular formula is C15H17NO. The van der Waals surface area contributed by atoms with Crippen LogP contribution in [0, 0.1) is 6.92 Å². The van der Waals surface area contributed by atoms with Gasteiger partial charge in [0, 0.05) is 36.0 Å². The van der Waals surface area contributed by atoms with E-state index in [1.807, 2.05) is 0 Å². The predicted molar refractivity (Wildman–Crippen MR) is 69.3 cm³/mol. The van der Waals surface area contributed by atoms with Crippen molar-refractivity contribution in [1.82, 2.24) is 4.57 Å². The number of hydrogen-bond acceptors (Lipinski definition) is 1. The van der Waals surface area contributed by atoms with Gasteiger partial charge in [0.25, 0.3) is 0 Å². The average Bonchev–Trinajstić information content (AvgIpc) is 2.84. The molecule has 2 aromatic rings. The van der Waals surface area contributed by atoms with Gasteiger partial charge in [0.1, 0.15) is 5.78 Å². The molecule has 0 N–H and O–H groups in total. The topological polar surface area (TPSA) is 22.0 Å². The quantitative estimate of drug-likeness (QED) is 0.732. The lowest BCUT2D eigenvalue weighted by molar-refractivity contribution is -0.118.